The molecule has 0 fully saturated rings. The zero-order valence-corrected chi connectivity index (χ0v) is 7.89. The van der Waals surface area contributed by atoms with Crippen LogP contribution in [0, 0.1) is 0 Å². The Morgan fingerprint density at radius 3 is 2.07 bits per heavy atom. The average molecular weight is 237 g/mol. The molecule has 0 bridgehead atoms. The summed E-state index contributed by atoms with van der Waals surface area (Å²) >= 11 is 0.854. The molecule has 0 aliphatic carbocycles. The summed E-state index contributed by atoms with van der Waals surface area (Å²) in [5.74, 6) is -4.58. The molecule has 8 heteroatoms. The minimum Gasteiger partial charge on any atom is -0.282 e. The maximum atomic E-state index is 12.3. The molecular formula is C6H10F5N2S+. The van der Waals surface area contributed by atoms with E-state index in [1.807, 2.05) is 0 Å². The summed E-state index contributed by atoms with van der Waals surface area (Å²) in [6.45, 7) is 0. The van der Waals surface area contributed by atoms with Gasteiger partial charge in [-0.2, -0.15) is 22.0 Å². The van der Waals surface area contributed by atoms with Crippen LogP contribution in [-0.4, -0.2) is 23.0 Å². The molecular weight excluding hydrogens is 227 g/mol. The Bertz CT molecular complexity index is 203. The van der Waals surface area contributed by atoms with Gasteiger partial charge in [0.1, 0.15) is 0 Å². The van der Waals surface area contributed by atoms with Gasteiger partial charge in [-0.15, -0.1) is 0 Å². The third kappa shape index (κ3) is 4.64. The van der Waals surface area contributed by atoms with Gasteiger partial charge in [-0.05, 0) is 18.2 Å². The average Bonchev–Trinajstić information content (AvgIpc) is 1.95. The van der Waals surface area contributed by atoms with E-state index in [-0.39, 0.29) is 17.3 Å². The van der Waals surface area contributed by atoms with Crippen molar-refractivity contribution in [1.82, 2.24) is 0 Å². The van der Waals surface area contributed by atoms with Crippen molar-refractivity contribution in [2.24, 2.45) is 5.73 Å². The smallest absolute Gasteiger partial charge is 0.282 e. The first-order valence-electron chi connectivity index (χ1n) is 3.62. The number of rotatable bonds is 4. The van der Waals surface area contributed by atoms with Gasteiger partial charge in [0.15, 0.2) is 0 Å². The van der Waals surface area contributed by atoms with Crippen LogP contribution in [0.25, 0.3) is 0 Å². The Morgan fingerprint density at radius 1 is 1.21 bits per heavy atom. The van der Waals surface area contributed by atoms with Crippen LogP contribution in [0.4, 0.5) is 22.0 Å². The summed E-state index contributed by atoms with van der Waals surface area (Å²) in [5.41, 5.74) is 4.98. The summed E-state index contributed by atoms with van der Waals surface area (Å²) in [4.78, 5) is 0. The monoisotopic (exact) mass is 237 g/mol. The van der Waals surface area contributed by atoms with Crippen molar-refractivity contribution >= 4 is 16.9 Å². The van der Waals surface area contributed by atoms with Gasteiger partial charge >= 0.3 is 12.1 Å². The highest BCUT2D eigenvalue weighted by Gasteiger charge is 2.56. The minimum atomic E-state index is -5.48. The zero-order valence-electron chi connectivity index (χ0n) is 7.07. The van der Waals surface area contributed by atoms with Crippen LogP contribution in [0.3, 0.4) is 0 Å². The fraction of sp³-hybridized carbons (Fsp3) is 0.833. The maximum Gasteiger partial charge on any atom is 0.453 e. The predicted octanol–water partition coefficient (Wildman–Crippen LogP) is 0.771. The zero-order chi connectivity index (χ0) is 11.4. The lowest BCUT2D eigenvalue weighted by Crippen LogP contribution is -2.43. The third-order valence-electron chi connectivity index (χ3n) is 1.32. The van der Waals surface area contributed by atoms with Crippen LogP contribution >= 0.6 is 11.8 Å². The number of amidine groups is 1. The van der Waals surface area contributed by atoms with Gasteiger partial charge in [0.05, 0.1) is 0 Å². The SMILES string of the molecule is NC(=[NH2+])SCCCC(F)(F)C(F)(F)F. The van der Waals surface area contributed by atoms with E-state index in [1.54, 1.807) is 0 Å². The first-order chi connectivity index (χ1) is 6.17. The normalized spacial score (nSPS) is 12.9. The van der Waals surface area contributed by atoms with E-state index < -0.39 is 18.5 Å². The van der Waals surface area contributed by atoms with Crippen molar-refractivity contribution in [1.29, 1.82) is 0 Å². The number of thioether (sulfide) groups is 1. The quantitative estimate of drug-likeness (QED) is 0.328. The molecule has 0 amide bonds. The largest absolute Gasteiger partial charge is 0.453 e. The summed E-state index contributed by atoms with van der Waals surface area (Å²) in [6.07, 6.45) is -7.01. The Morgan fingerprint density at radius 2 is 1.71 bits per heavy atom. The molecule has 0 spiro atoms. The Labute approximate surface area is 81.5 Å². The molecule has 4 N–H and O–H groups in total. The van der Waals surface area contributed by atoms with E-state index in [9.17, 15) is 22.0 Å². The van der Waals surface area contributed by atoms with E-state index in [0.717, 1.165) is 11.8 Å². The van der Waals surface area contributed by atoms with Crippen LogP contribution in [0.5, 0.6) is 0 Å². The van der Waals surface area contributed by atoms with E-state index >= 15 is 0 Å². The second-order valence-corrected chi connectivity index (χ2v) is 3.72. The number of hydrogen-bond acceptors (Lipinski definition) is 1. The summed E-state index contributed by atoms with van der Waals surface area (Å²) < 4.78 is 59.3. The summed E-state index contributed by atoms with van der Waals surface area (Å²) in [6, 6.07) is 0. The van der Waals surface area contributed by atoms with Crippen molar-refractivity contribution < 1.29 is 27.4 Å². The van der Waals surface area contributed by atoms with Gasteiger partial charge in [-0.3, -0.25) is 11.1 Å². The Balaban J connectivity index is 3.83. The van der Waals surface area contributed by atoms with Gasteiger partial charge in [0.25, 0.3) is 5.17 Å². The molecule has 0 saturated heterocycles. The highest BCUT2D eigenvalue weighted by Crippen LogP contribution is 2.38. The van der Waals surface area contributed by atoms with Gasteiger partial charge in [-0.25, -0.2) is 0 Å². The highest BCUT2D eigenvalue weighted by atomic mass is 32.2. The van der Waals surface area contributed by atoms with E-state index in [4.69, 9.17) is 11.1 Å². The number of halogens is 5. The maximum absolute atomic E-state index is 12.3. The van der Waals surface area contributed by atoms with Gasteiger partial charge in [0.2, 0.25) is 0 Å². The predicted molar refractivity (Wildman–Crippen MR) is 43.8 cm³/mol. The molecule has 0 aromatic rings. The highest BCUT2D eigenvalue weighted by molar-refractivity contribution is 8.13. The molecule has 0 atom stereocenters. The lowest BCUT2D eigenvalue weighted by molar-refractivity contribution is -0.284. The van der Waals surface area contributed by atoms with E-state index in [1.165, 1.54) is 0 Å². The molecule has 84 valence electrons. The second-order valence-electron chi connectivity index (χ2n) is 2.56. The van der Waals surface area contributed by atoms with Crippen LogP contribution in [0.1, 0.15) is 12.8 Å². The molecule has 0 rings (SSSR count). The molecule has 0 saturated carbocycles. The fourth-order valence-electron chi connectivity index (χ4n) is 0.626. The van der Waals surface area contributed by atoms with Crippen molar-refractivity contribution in [3.8, 4) is 0 Å². The van der Waals surface area contributed by atoms with Gasteiger partial charge in [-0.1, -0.05) is 0 Å². The molecule has 0 aromatic heterocycles. The standard InChI is InChI=1S/C6H9F5N2S/c7-5(8,6(9,10)11)2-1-3-14-4(12)13/h1-3H2,(H3,12,13)/p+1. The molecule has 14 heavy (non-hydrogen) atoms. The first kappa shape index (κ1) is 13.5. The molecule has 2 nitrogen and oxygen atoms in total. The summed E-state index contributed by atoms with van der Waals surface area (Å²) in [5, 5.41) is 4.93. The van der Waals surface area contributed by atoms with Crippen molar-refractivity contribution in [2.75, 3.05) is 5.75 Å². The second kappa shape index (κ2) is 4.81. The van der Waals surface area contributed by atoms with Crippen LogP contribution in [0.2, 0.25) is 0 Å². The lowest BCUT2D eigenvalue weighted by atomic mass is 10.2. The van der Waals surface area contributed by atoms with E-state index in [0.29, 0.717) is 0 Å². The van der Waals surface area contributed by atoms with E-state index in [2.05, 4.69) is 0 Å². The minimum absolute atomic E-state index is 0.0414. The molecule has 0 radical (unpaired) electrons. The van der Waals surface area contributed by atoms with Crippen LogP contribution < -0.4 is 11.1 Å². The Kier molecular flexibility index (Phi) is 4.63. The molecule has 0 unspecified atom stereocenters. The van der Waals surface area contributed by atoms with Crippen LogP contribution in [0.15, 0.2) is 0 Å². The van der Waals surface area contributed by atoms with Crippen LogP contribution in [-0.2, 0) is 0 Å². The summed E-state index contributed by atoms with van der Waals surface area (Å²) in [7, 11) is 0. The molecule has 0 heterocycles. The molecule has 0 aromatic carbocycles. The fourth-order valence-corrected chi connectivity index (χ4v) is 1.15. The lowest BCUT2D eigenvalue weighted by Gasteiger charge is -2.18. The number of nitrogens with two attached hydrogens (primary N) is 2. The Hall–Kier alpha value is -0.530. The number of hydrogen-bond donors (Lipinski definition) is 2. The van der Waals surface area contributed by atoms with Crippen molar-refractivity contribution in [2.45, 2.75) is 24.9 Å². The van der Waals surface area contributed by atoms with Crippen molar-refractivity contribution in [3.63, 3.8) is 0 Å². The third-order valence-corrected chi connectivity index (χ3v) is 2.14. The van der Waals surface area contributed by atoms with Gasteiger partial charge in [0, 0.05) is 12.2 Å². The molecule has 0 aliphatic heterocycles. The topological polar surface area (TPSA) is 51.6 Å². The number of alkyl halides is 5. The van der Waals surface area contributed by atoms with Gasteiger partial charge < -0.3 is 0 Å². The molecule has 0 aliphatic rings. The van der Waals surface area contributed by atoms with Crippen molar-refractivity contribution in [3.05, 3.63) is 0 Å². The first-order valence-corrected chi connectivity index (χ1v) is 4.60.